The van der Waals surface area contributed by atoms with Crippen LogP contribution in [-0.4, -0.2) is 17.4 Å². The molecule has 0 spiro atoms. The summed E-state index contributed by atoms with van der Waals surface area (Å²) in [6, 6.07) is 7.79. The molecule has 1 N–H and O–H groups in total. The number of hydrogen-bond acceptors (Lipinski definition) is 3. The fraction of sp³-hybridized carbons (Fsp3) is 0.118. The number of benzene rings is 1. The van der Waals surface area contributed by atoms with Gasteiger partial charge in [-0.05, 0) is 53.1 Å². The van der Waals surface area contributed by atoms with Gasteiger partial charge in [-0.2, -0.15) is 0 Å². The molecule has 2 aromatic rings. The summed E-state index contributed by atoms with van der Waals surface area (Å²) in [6.45, 7) is 0.846. The van der Waals surface area contributed by atoms with E-state index in [0.29, 0.717) is 11.3 Å². The van der Waals surface area contributed by atoms with E-state index < -0.39 is 0 Å². The molecule has 4 rings (SSSR count). The Morgan fingerprint density at radius 2 is 2.19 bits per heavy atom. The zero-order valence-corrected chi connectivity index (χ0v) is 11.3. The van der Waals surface area contributed by atoms with Gasteiger partial charge in [-0.25, -0.2) is 0 Å². The van der Waals surface area contributed by atoms with Gasteiger partial charge >= 0.3 is 0 Å². The van der Waals surface area contributed by atoms with Crippen molar-refractivity contribution in [2.24, 2.45) is 4.99 Å². The lowest BCUT2D eigenvalue weighted by atomic mass is 10.1. The van der Waals surface area contributed by atoms with Crippen molar-refractivity contribution in [3.63, 3.8) is 0 Å². The Labute approximate surface area is 121 Å². The van der Waals surface area contributed by atoms with Crippen molar-refractivity contribution in [3.05, 3.63) is 64.4 Å². The molecular formula is C17H13N3O. The van der Waals surface area contributed by atoms with Crippen molar-refractivity contribution in [2.75, 3.05) is 11.9 Å². The van der Waals surface area contributed by atoms with Crippen molar-refractivity contribution in [3.8, 4) is 0 Å². The smallest absolute Gasteiger partial charge is 0.256 e. The lowest BCUT2D eigenvalue weighted by Crippen LogP contribution is -2.21. The maximum absolute atomic E-state index is 12.4. The predicted molar refractivity (Wildman–Crippen MR) is 81.1 cm³/mol. The average Bonchev–Trinajstić information content (AvgIpc) is 3.11. The summed E-state index contributed by atoms with van der Waals surface area (Å²) in [6.07, 6.45) is 8.12. The second-order valence-corrected chi connectivity index (χ2v) is 5.14. The van der Waals surface area contributed by atoms with Crippen LogP contribution in [-0.2, 0) is 11.2 Å². The summed E-state index contributed by atoms with van der Waals surface area (Å²) in [5, 5.41) is 4.93. The number of fused-ring (bicyclic) bond motifs is 2. The SMILES string of the molecule is O=C(Nc1cccnc1)C1=c2cc3c(cc2C=C1)=NCC3. The summed E-state index contributed by atoms with van der Waals surface area (Å²) in [7, 11) is 0. The molecule has 1 amide bonds. The van der Waals surface area contributed by atoms with Gasteiger partial charge in [0, 0.05) is 18.3 Å². The van der Waals surface area contributed by atoms with E-state index in [9.17, 15) is 4.79 Å². The van der Waals surface area contributed by atoms with Crippen molar-refractivity contribution < 1.29 is 4.79 Å². The molecule has 0 fully saturated rings. The van der Waals surface area contributed by atoms with Gasteiger partial charge in [0.25, 0.3) is 5.91 Å². The fourth-order valence-electron chi connectivity index (χ4n) is 2.76. The molecule has 4 heteroatoms. The Hall–Kier alpha value is -2.75. The minimum absolute atomic E-state index is 0.104. The molecule has 0 saturated heterocycles. The van der Waals surface area contributed by atoms with E-state index in [0.717, 1.165) is 29.1 Å². The normalized spacial score (nSPS) is 14.6. The summed E-state index contributed by atoms with van der Waals surface area (Å²) in [5.74, 6) is -0.104. The van der Waals surface area contributed by atoms with E-state index in [4.69, 9.17) is 0 Å². The molecule has 0 radical (unpaired) electrons. The second kappa shape index (κ2) is 4.66. The second-order valence-electron chi connectivity index (χ2n) is 5.14. The highest BCUT2D eigenvalue weighted by atomic mass is 16.1. The van der Waals surface area contributed by atoms with Crippen LogP contribution in [0.15, 0.2) is 47.7 Å². The molecule has 1 aromatic heterocycles. The van der Waals surface area contributed by atoms with Crippen LogP contribution in [0.25, 0.3) is 11.6 Å². The number of pyridine rings is 1. The third kappa shape index (κ3) is 2.05. The lowest BCUT2D eigenvalue weighted by molar-refractivity contribution is -0.111. The molecule has 2 heterocycles. The summed E-state index contributed by atoms with van der Waals surface area (Å²) < 4.78 is 0. The van der Waals surface area contributed by atoms with Crippen molar-refractivity contribution in [2.45, 2.75) is 6.42 Å². The first-order valence-electron chi connectivity index (χ1n) is 6.92. The van der Waals surface area contributed by atoms with Gasteiger partial charge in [0.2, 0.25) is 0 Å². The van der Waals surface area contributed by atoms with E-state index in [-0.39, 0.29) is 5.91 Å². The van der Waals surface area contributed by atoms with Gasteiger partial charge in [-0.1, -0.05) is 6.08 Å². The fourth-order valence-corrected chi connectivity index (χ4v) is 2.76. The van der Waals surface area contributed by atoms with Crippen LogP contribution in [0.5, 0.6) is 0 Å². The number of carbonyl (C=O) groups is 1. The zero-order valence-electron chi connectivity index (χ0n) is 11.3. The van der Waals surface area contributed by atoms with E-state index in [1.807, 2.05) is 18.2 Å². The number of rotatable bonds is 2. The Morgan fingerprint density at radius 3 is 3.05 bits per heavy atom. The van der Waals surface area contributed by atoms with Gasteiger partial charge < -0.3 is 5.32 Å². The molecule has 2 aliphatic rings. The average molecular weight is 275 g/mol. The van der Waals surface area contributed by atoms with Gasteiger partial charge in [0.15, 0.2) is 0 Å². The van der Waals surface area contributed by atoms with E-state index >= 15 is 0 Å². The third-order valence-corrected chi connectivity index (χ3v) is 3.80. The molecule has 102 valence electrons. The topological polar surface area (TPSA) is 54.4 Å². The molecule has 4 nitrogen and oxygen atoms in total. The number of anilines is 1. The van der Waals surface area contributed by atoms with Crippen LogP contribution in [0.1, 0.15) is 11.1 Å². The summed E-state index contributed by atoms with van der Waals surface area (Å²) in [5.41, 5.74) is 3.69. The van der Waals surface area contributed by atoms with Crippen molar-refractivity contribution in [1.29, 1.82) is 0 Å². The standard InChI is InChI=1S/C17H13N3O/c21-17(20-13-2-1-6-18-10-13)14-4-3-11-9-16-12(5-7-19-16)8-15(11)14/h1-4,6,8-10H,5,7H2,(H,20,21). The van der Waals surface area contributed by atoms with Gasteiger partial charge in [0.1, 0.15) is 0 Å². The molecule has 0 atom stereocenters. The third-order valence-electron chi connectivity index (χ3n) is 3.80. The molecule has 1 aliphatic carbocycles. The van der Waals surface area contributed by atoms with Crippen LogP contribution >= 0.6 is 0 Å². The highest BCUT2D eigenvalue weighted by Gasteiger charge is 2.16. The first-order valence-corrected chi connectivity index (χ1v) is 6.92. The molecular weight excluding hydrogens is 262 g/mol. The number of hydrogen-bond donors (Lipinski definition) is 1. The number of nitrogens with one attached hydrogen (secondary N) is 1. The van der Waals surface area contributed by atoms with E-state index in [2.05, 4.69) is 27.4 Å². The van der Waals surface area contributed by atoms with Crippen LogP contribution in [0, 0.1) is 0 Å². The minimum atomic E-state index is -0.104. The number of aromatic nitrogens is 1. The Bertz CT molecular complexity index is 882. The Morgan fingerprint density at radius 1 is 1.24 bits per heavy atom. The minimum Gasteiger partial charge on any atom is -0.321 e. The van der Waals surface area contributed by atoms with E-state index in [1.165, 1.54) is 5.56 Å². The lowest BCUT2D eigenvalue weighted by Gasteiger charge is -2.04. The maximum Gasteiger partial charge on any atom is 0.256 e. The van der Waals surface area contributed by atoms with Crippen molar-refractivity contribution in [1.82, 2.24) is 4.98 Å². The molecule has 0 bridgehead atoms. The van der Waals surface area contributed by atoms with Crippen molar-refractivity contribution >= 4 is 23.2 Å². The Kier molecular flexibility index (Phi) is 2.67. The number of amides is 1. The predicted octanol–water partition coefficient (Wildman–Crippen LogP) is 1.07. The van der Waals surface area contributed by atoms with E-state index in [1.54, 1.807) is 18.5 Å². The monoisotopic (exact) mass is 275 g/mol. The summed E-state index contributed by atoms with van der Waals surface area (Å²) >= 11 is 0. The van der Waals surface area contributed by atoms with Gasteiger partial charge in [0.05, 0.1) is 17.2 Å². The molecule has 0 saturated carbocycles. The summed E-state index contributed by atoms with van der Waals surface area (Å²) in [4.78, 5) is 20.9. The highest BCUT2D eigenvalue weighted by Crippen LogP contribution is 2.14. The van der Waals surface area contributed by atoms with Crippen LogP contribution in [0.3, 0.4) is 0 Å². The first kappa shape index (κ1) is 12.0. The molecule has 1 aromatic carbocycles. The van der Waals surface area contributed by atoms with Gasteiger partial charge in [-0.15, -0.1) is 0 Å². The largest absolute Gasteiger partial charge is 0.321 e. The first-order chi connectivity index (χ1) is 10.3. The van der Waals surface area contributed by atoms with Crippen LogP contribution in [0.4, 0.5) is 5.69 Å². The molecule has 0 unspecified atom stereocenters. The Balaban J connectivity index is 1.75. The van der Waals surface area contributed by atoms with Gasteiger partial charge in [-0.3, -0.25) is 14.8 Å². The highest BCUT2D eigenvalue weighted by molar-refractivity contribution is 6.25. The van der Waals surface area contributed by atoms with Crippen LogP contribution in [0.2, 0.25) is 0 Å². The quantitative estimate of drug-likeness (QED) is 0.891. The maximum atomic E-state index is 12.4. The zero-order chi connectivity index (χ0) is 14.2. The molecule has 21 heavy (non-hydrogen) atoms. The van der Waals surface area contributed by atoms with Crippen LogP contribution < -0.4 is 15.9 Å². The molecule has 1 aliphatic heterocycles. The number of nitrogens with zero attached hydrogens (tertiary/aromatic N) is 2. The number of carbonyl (C=O) groups excluding carboxylic acids is 1.